The predicted molar refractivity (Wildman–Crippen MR) is 85.8 cm³/mol. The average molecular weight is 322 g/mol. The van der Waals surface area contributed by atoms with Crippen LogP contribution in [-0.2, 0) is 0 Å². The molecule has 112 valence electrons. The molecule has 1 aliphatic heterocycles. The van der Waals surface area contributed by atoms with Gasteiger partial charge in [0.15, 0.2) is 0 Å². The molecule has 1 atom stereocenters. The SMILES string of the molecule is O=C(c1csc(-c2ccsc2)n1)N1CCCCC1CCO. The maximum Gasteiger partial charge on any atom is 0.273 e. The van der Waals surface area contributed by atoms with Crippen molar-refractivity contribution in [2.45, 2.75) is 31.7 Å². The molecule has 1 amide bonds. The maximum absolute atomic E-state index is 12.7. The Morgan fingerprint density at radius 1 is 1.43 bits per heavy atom. The third-order valence-electron chi connectivity index (χ3n) is 3.84. The molecule has 0 aromatic carbocycles. The summed E-state index contributed by atoms with van der Waals surface area (Å²) in [6.45, 7) is 0.903. The number of aliphatic hydroxyl groups is 1. The Kier molecular flexibility index (Phi) is 4.67. The summed E-state index contributed by atoms with van der Waals surface area (Å²) in [7, 11) is 0. The first-order valence-corrected chi connectivity index (χ1v) is 9.02. The Morgan fingerprint density at radius 3 is 3.10 bits per heavy atom. The molecule has 1 fully saturated rings. The van der Waals surface area contributed by atoms with Crippen LogP contribution < -0.4 is 0 Å². The van der Waals surface area contributed by atoms with Gasteiger partial charge in [-0.3, -0.25) is 4.79 Å². The quantitative estimate of drug-likeness (QED) is 0.940. The van der Waals surface area contributed by atoms with E-state index in [4.69, 9.17) is 5.11 Å². The van der Waals surface area contributed by atoms with E-state index < -0.39 is 0 Å². The van der Waals surface area contributed by atoms with Crippen molar-refractivity contribution in [3.8, 4) is 10.6 Å². The molecule has 0 spiro atoms. The highest BCUT2D eigenvalue weighted by Gasteiger charge is 2.28. The molecule has 2 aromatic heterocycles. The average Bonchev–Trinajstić information content (AvgIpc) is 3.18. The number of hydrogen-bond acceptors (Lipinski definition) is 5. The van der Waals surface area contributed by atoms with Gasteiger partial charge in [0, 0.05) is 35.5 Å². The van der Waals surface area contributed by atoms with E-state index in [0.29, 0.717) is 12.1 Å². The van der Waals surface area contributed by atoms with Crippen molar-refractivity contribution in [2.75, 3.05) is 13.2 Å². The van der Waals surface area contributed by atoms with Crippen molar-refractivity contribution >= 4 is 28.6 Å². The van der Waals surface area contributed by atoms with Gasteiger partial charge in [-0.2, -0.15) is 11.3 Å². The first kappa shape index (κ1) is 14.7. The fraction of sp³-hybridized carbons (Fsp3) is 0.467. The second-order valence-corrected chi connectivity index (χ2v) is 6.85. The zero-order valence-electron chi connectivity index (χ0n) is 11.7. The Balaban J connectivity index is 1.77. The smallest absolute Gasteiger partial charge is 0.273 e. The minimum atomic E-state index is 0.00544. The van der Waals surface area contributed by atoms with Crippen LogP contribution in [0.1, 0.15) is 36.2 Å². The molecule has 0 aliphatic carbocycles. The van der Waals surface area contributed by atoms with E-state index in [1.807, 2.05) is 27.1 Å². The summed E-state index contributed by atoms with van der Waals surface area (Å²) in [6.07, 6.45) is 3.81. The Hall–Kier alpha value is -1.24. The molecule has 0 bridgehead atoms. The van der Waals surface area contributed by atoms with Gasteiger partial charge >= 0.3 is 0 Å². The highest BCUT2D eigenvalue weighted by Crippen LogP contribution is 2.27. The van der Waals surface area contributed by atoms with Crippen molar-refractivity contribution in [2.24, 2.45) is 0 Å². The molecule has 1 unspecified atom stereocenters. The second-order valence-electron chi connectivity index (χ2n) is 5.21. The predicted octanol–water partition coefficient (Wildman–Crippen LogP) is 3.25. The van der Waals surface area contributed by atoms with Gasteiger partial charge in [-0.1, -0.05) is 0 Å². The summed E-state index contributed by atoms with van der Waals surface area (Å²) < 4.78 is 0. The molecule has 2 aromatic rings. The summed E-state index contributed by atoms with van der Waals surface area (Å²) in [5.41, 5.74) is 1.61. The van der Waals surface area contributed by atoms with Gasteiger partial charge < -0.3 is 10.0 Å². The normalized spacial score (nSPS) is 18.9. The fourth-order valence-corrected chi connectivity index (χ4v) is 4.26. The second kappa shape index (κ2) is 6.68. The topological polar surface area (TPSA) is 53.4 Å². The number of nitrogens with zero attached hydrogens (tertiary/aromatic N) is 2. The van der Waals surface area contributed by atoms with Gasteiger partial charge in [-0.25, -0.2) is 4.98 Å². The Morgan fingerprint density at radius 2 is 2.33 bits per heavy atom. The fourth-order valence-electron chi connectivity index (χ4n) is 2.75. The van der Waals surface area contributed by atoms with Gasteiger partial charge in [0.1, 0.15) is 10.7 Å². The van der Waals surface area contributed by atoms with Crippen LogP contribution in [0.15, 0.2) is 22.2 Å². The number of amides is 1. The van der Waals surface area contributed by atoms with E-state index in [2.05, 4.69) is 4.98 Å². The molecule has 3 rings (SSSR count). The van der Waals surface area contributed by atoms with Crippen LogP contribution in [0.3, 0.4) is 0 Å². The van der Waals surface area contributed by atoms with Crippen LogP contribution in [0, 0.1) is 0 Å². The van der Waals surface area contributed by atoms with E-state index in [1.165, 1.54) is 11.3 Å². The number of piperidine rings is 1. The molecular formula is C15H18N2O2S2. The number of rotatable bonds is 4. The van der Waals surface area contributed by atoms with E-state index in [-0.39, 0.29) is 18.6 Å². The van der Waals surface area contributed by atoms with Crippen LogP contribution in [0.25, 0.3) is 10.6 Å². The number of aromatic nitrogens is 1. The third kappa shape index (κ3) is 3.17. The van der Waals surface area contributed by atoms with Gasteiger partial charge in [0.05, 0.1) is 0 Å². The van der Waals surface area contributed by atoms with Crippen molar-refractivity contribution in [3.05, 3.63) is 27.9 Å². The molecule has 1 N–H and O–H groups in total. The minimum absolute atomic E-state index is 0.00544. The lowest BCUT2D eigenvalue weighted by Gasteiger charge is -2.35. The van der Waals surface area contributed by atoms with Gasteiger partial charge in [-0.05, 0) is 37.1 Å². The van der Waals surface area contributed by atoms with E-state index in [0.717, 1.165) is 36.4 Å². The van der Waals surface area contributed by atoms with Gasteiger partial charge in [0.25, 0.3) is 5.91 Å². The lowest BCUT2D eigenvalue weighted by molar-refractivity contribution is 0.0569. The lowest BCUT2D eigenvalue weighted by atomic mass is 9.99. The summed E-state index contributed by atoms with van der Waals surface area (Å²) >= 11 is 3.14. The third-order valence-corrected chi connectivity index (χ3v) is 5.42. The molecule has 1 aliphatic rings. The number of thiazole rings is 1. The van der Waals surface area contributed by atoms with Crippen molar-refractivity contribution in [3.63, 3.8) is 0 Å². The van der Waals surface area contributed by atoms with Crippen LogP contribution >= 0.6 is 22.7 Å². The molecule has 3 heterocycles. The number of thiophene rings is 1. The molecule has 0 saturated carbocycles. The number of carbonyl (C=O) groups is 1. The number of aliphatic hydroxyl groups excluding tert-OH is 1. The van der Waals surface area contributed by atoms with Crippen LogP contribution in [-0.4, -0.2) is 40.1 Å². The van der Waals surface area contributed by atoms with Crippen LogP contribution in [0.2, 0.25) is 0 Å². The van der Waals surface area contributed by atoms with Crippen molar-refractivity contribution < 1.29 is 9.90 Å². The first-order valence-electron chi connectivity index (χ1n) is 7.19. The number of hydrogen-bond donors (Lipinski definition) is 1. The zero-order valence-corrected chi connectivity index (χ0v) is 13.3. The molecule has 1 saturated heterocycles. The van der Waals surface area contributed by atoms with E-state index in [1.54, 1.807) is 11.3 Å². The Bertz CT molecular complexity index is 593. The maximum atomic E-state index is 12.7. The minimum Gasteiger partial charge on any atom is -0.396 e. The molecule has 21 heavy (non-hydrogen) atoms. The van der Waals surface area contributed by atoms with Crippen LogP contribution in [0.5, 0.6) is 0 Å². The standard InChI is InChI=1S/C15H18N2O2S2/c18-7-4-12-3-1-2-6-17(12)15(19)13-10-21-14(16-13)11-5-8-20-9-11/h5,8-10,12,18H,1-4,6-7H2. The lowest BCUT2D eigenvalue weighted by Crippen LogP contribution is -2.44. The molecular weight excluding hydrogens is 304 g/mol. The molecule has 0 radical (unpaired) electrons. The summed E-state index contributed by atoms with van der Waals surface area (Å²) in [6, 6.07) is 2.18. The molecule has 6 heteroatoms. The zero-order chi connectivity index (χ0) is 14.7. The highest BCUT2D eigenvalue weighted by atomic mass is 32.1. The summed E-state index contributed by atoms with van der Waals surface area (Å²) in [5, 5.41) is 16.0. The summed E-state index contributed by atoms with van der Waals surface area (Å²) in [4.78, 5) is 19.0. The highest BCUT2D eigenvalue weighted by molar-refractivity contribution is 7.14. The van der Waals surface area contributed by atoms with Crippen molar-refractivity contribution in [1.29, 1.82) is 0 Å². The van der Waals surface area contributed by atoms with Gasteiger partial charge in [-0.15, -0.1) is 11.3 Å². The number of carbonyl (C=O) groups excluding carboxylic acids is 1. The molecule has 4 nitrogen and oxygen atoms in total. The largest absolute Gasteiger partial charge is 0.396 e. The Labute approximate surface area is 132 Å². The number of likely N-dealkylation sites (tertiary alicyclic amines) is 1. The van der Waals surface area contributed by atoms with Crippen LogP contribution in [0.4, 0.5) is 0 Å². The monoisotopic (exact) mass is 322 g/mol. The first-order chi connectivity index (χ1) is 10.3. The van der Waals surface area contributed by atoms with Gasteiger partial charge in [0.2, 0.25) is 0 Å². The van der Waals surface area contributed by atoms with E-state index in [9.17, 15) is 4.79 Å². The van der Waals surface area contributed by atoms with E-state index >= 15 is 0 Å². The summed E-state index contributed by atoms with van der Waals surface area (Å²) in [5.74, 6) is 0.00544. The van der Waals surface area contributed by atoms with Crippen molar-refractivity contribution in [1.82, 2.24) is 9.88 Å².